The lowest BCUT2D eigenvalue weighted by atomic mass is 10.1. The normalized spacial score (nSPS) is 26.9. The fourth-order valence-corrected chi connectivity index (χ4v) is 4.47. The molecule has 10 heteroatoms. The first-order valence-electron chi connectivity index (χ1n) is 5.35. The van der Waals surface area contributed by atoms with Crippen LogP contribution in [0.4, 0.5) is 0 Å². The number of ether oxygens (including phenoxy) is 1. The van der Waals surface area contributed by atoms with Gasteiger partial charge in [0.2, 0.25) is 5.91 Å². The van der Waals surface area contributed by atoms with Crippen LogP contribution >= 0.6 is 19.4 Å². The smallest absolute Gasteiger partial charge is 0.372 e. The highest BCUT2D eigenvalue weighted by atomic mass is 32.2. The van der Waals surface area contributed by atoms with Crippen LogP contribution in [0.15, 0.2) is 11.0 Å². The minimum absolute atomic E-state index is 0.241. The van der Waals surface area contributed by atoms with Crippen molar-refractivity contribution in [3.63, 3.8) is 0 Å². The van der Waals surface area contributed by atoms with Crippen LogP contribution in [-0.4, -0.2) is 50.3 Å². The molecule has 19 heavy (non-hydrogen) atoms. The summed E-state index contributed by atoms with van der Waals surface area (Å²) < 4.78 is 16.3. The first kappa shape index (κ1) is 14.5. The van der Waals surface area contributed by atoms with Gasteiger partial charge in [0, 0.05) is 18.2 Å². The van der Waals surface area contributed by atoms with Crippen molar-refractivity contribution in [2.24, 2.45) is 5.73 Å². The summed E-state index contributed by atoms with van der Waals surface area (Å²) in [6.07, 6.45) is 0. The van der Waals surface area contributed by atoms with Crippen molar-refractivity contribution in [3.8, 4) is 0 Å². The molecule has 0 aromatic carbocycles. The third-order valence-electron chi connectivity index (χ3n) is 2.78. The molecule has 0 unspecified atom stereocenters. The third-order valence-corrected chi connectivity index (χ3v) is 5.23. The van der Waals surface area contributed by atoms with Gasteiger partial charge in [-0.25, -0.2) is 0 Å². The van der Waals surface area contributed by atoms with E-state index < -0.39 is 30.9 Å². The Balaban J connectivity index is 2.34. The second-order valence-electron chi connectivity index (χ2n) is 4.19. The number of thioether (sulfide) groups is 1. The monoisotopic (exact) mass is 308 g/mol. The average molecular weight is 308 g/mol. The summed E-state index contributed by atoms with van der Waals surface area (Å²) in [5.74, 6) is -0.831. The summed E-state index contributed by atoms with van der Waals surface area (Å²) in [5, 5.41) is -0.462. The van der Waals surface area contributed by atoms with Crippen molar-refractivity contribution in [1.29, 1.82) is 0 Å². The van der Waals surface area contributed by atoms with Gasteiger partial charge < -0.3 is 20.3 Å². The number of esters is 1. The van der Waals surface area contributed by atoms with Crippen LogP contribution < -0.4 is 5.73 Å². The Labute approximate surface area is 113 Å². The van der Waals surface area contributed by atoms with Crippen LogP contribution in [0.1, 0.15) is 6.92 Å². The SMILES string of the molecule is CC(=O)OCC1=C(P(=O)(O)O)N2C(=O)[C@H](N)[C@@H]2SC1. The molecule has 0 radical (unpaired) electrons. The molecule has 0 bridgehead atoms. The van der Waals surface area contributed by atoms with Crippen molar-refractivity contribution in [3.05, 3.63) is 11.0 Å². The fraction of sp³-hybridized carbons (Fsp3) is 0.556. The zero-order valence-corrected chi connectivity index (χ0v) is 11.7. The standard InChI is InChI=1S/C9H13N2O6PS/c1-4(12)17-2-5-3-19-9-6(10)7(13)11(9)8(5)18(14,15)16/h6,9H,2-3,10H2,1H3,(H2,14,15,16)/t6-,9-/m0/s1. The Bertz CT molecular complexity index is 515. The van der Waals surface area contributed by atoms with Crippen molar-refractivity contribution in [1.82, 2.24) is 4.90 Å². The van der Waals surface area contributed by atoms with Gasteiger partial charge >= 0.3 is 13.6 Å². The average Bonchev–Trinajstić information content (AvgIpc) is 2.32. The Morgan fingerprint density at radius 1 is 1.63 bits per heavy atom. The third kappa shape index (κ3) is 2.56. The highest BCUT2D eigenvalue weighted by molar-refractivity contribution is 8.00. The van der Waals surface area contributed by atoms with E-state index in [4.69, 9.17) is 10.5 Å². The Morgan fingerprint density at radius 3 is 2.79 bits per heavy atom. The number of hydrogen-bond acceptors (Lipinski definition) is 6. The molecule has 2 heterocycles. The molecule has 8 nitrogen and oxygen atoms in total. The van der Waals surface area contributed by atoms with Crippen molar-refractivity contribution in [2.75, 3.05) is 12.4 Å². The number of amides is 1. The molecule has 2 atom stereocenters. The zero-order chi connectivity index (χ0) is 14.4. The second kappa shape index (κ2) is 4.92. The van der Waals surface area contributed by atoms with E-state index in [1.807, 2.05) is 0 Å². The van der Waals surface area contributed by atoms with Gasteiger partial charge in [-0.3, -0.25) is 19.1 Å². The van der Waals surface area contributed by atoms with E-state index in [2.05, 4.69) is 0 Å². The number of β-lactam (4-membered cyclic amide) rings is 1. The van der Waals surface area contributed by atoms with E-state index in [-0.39, 0.29) is 23.4 Å². The number of hydrogen-bond donors (Lipinski definition) is 3. The minimum Gasteiger partial charge on any atom is -0.461 e. The summed E-state index contributed by atoms with van der Waals surface area (Å²) in [7, 11) is -4.64. The quantitative estimate of drug-likeness (QED) is 0.350. The molecule has 1 saturated heterocycles. The summed E-state index contributed by atoms with van der Waals surface area (Å²) in [6.45, 7) is 0.954. The Kier molecular flexibility index (Phi) is 3.76. The van der Waals surface area contributed by atoms with Gasteiger partial charge in [-0.05, 0) is 0 Å². The topological polar surface area (TPSA) is 130 Å². The lowest BCUT2D eigenvalue weighted by Crippen LogP contribution is -2.67. The van der Waals surface area contributed by atoms with Gasteiger partial charge in [-0.15, -0.1) is 11.8 Å². The molecule has 0 aromatic rings. The van der Waals surface area contributed by atoms with Crippen LogP contribution in [0, 0.1) is 0 Å². The van der Waals surface area contributed by atoms with E-state index in [1.54, 1.807) is 0 Å². The molecule has 1 fully saturated rings. The largest absolute Gasteiger partial charge is 0.461 e. The van der Waals surface area contributed by atoms with Crippen molar-refractivity contribution >= 4 is 31.2 Å². The minimum atomic E-state index is -4.64. The molecule has 2 aliphatic rings. The van der Waals surface area contributed by atoms with Crippen LogP contribution in [0.3, 0.4) is 0 Å². The van der Waals surface area contributed by atoms with Gasteiger partial charge in [0.15, 0.2) is 0 Å². The van der Waals surface area contributed by atoms with Gasteiger partial charge in [-0.2, -0.15) is 0 Å². The molecule has 0 spiro atoms. The van der Waals surface area contributed by atoms with E-state index in [0.717, 1.165) is 4.90 Å². The molecule has 0 saturated carbocycles. The van der Waals surface area contributed by atoms with E-state index in [1.165, 1.54) is 18.7 Å². The van der Waals surface area contributed by atoms with Gasteiger partial charge in [0.05, 0.1) is 0 Å². The van der Waals surface area contributed by atoms with Gasteiger partial charge in [0.25, 0.3) is 0 Å². The fourth-order valence-electron chi connectivity index (χ4n) is 1.95. The Hall–Kier alpha value is -0.860. The second-order valence-corrected chi connectivity index (χ2v) is 6.80. The van der Waals surface area contributed by atoms with E-state index in [9.17, 15) is 23.9 Å². The van der Waals surface area contributed by atoms with Crippen molar-refractivity contribution < 1.29 is 28.7 Å². The maximum atomic E-state index is 11.6. The summed E-state index contributed by atoms with van der Waals surface area (Å²) in [6, 6.07) is -0.748. The maximum absolute atomic E-state index is 11.6. The summed E-state index contributed by atoms with van der Waals surface area (Å²) >= 11 is 1.29. The molecule has 2 rings (SSSR count). The lowest BCUT2D eigenvalue weighted by Gasteiger charge is -2.48. The van der Waals surface area contributed by atoms with Crippen molar-refractivity contribution in [2.45, 2.75) is 18.3 Å². The molecule has 106 valence electrons. The highest BCUT2D eigenvalue weighted by Gasteiger charge is 2.53. The summed E-state index contributed by atoms with van der Waals surface area (Å²) in [5.41, 5.74) is 5.45. The molecular weight excluding hydrogens is 295 g/mol. The zero-order valence-electron chi connectivity index (χ0n) is 9.98. The maximum Gasteiger partial charge on any atom is 0.372 e. The number of rotatable bonds is 3. The molecule has 4 N–H and O–H groups in total. The first-order valence-corrected chi connectivity index (χ1v) is 8.01. The number of nitrogens with two attached hydrogens (primary N) is 1. The molecule has 2 aliphatic heterocycles. The highest BCUT2D eigenvalue weighted by Crippen LogP contribution is 2.55. The number of fused-ring (bicyclic) bond motifs is 1. The van der Waals surface area contributed by atoms with Gasteiger partial charge in [0.1, 0.15) is 23.5 Å². The van der Waals surface area contributed by atoms with Crippen LogP contribution in [0.25, 0.3) is 0 Å². The molecule has 1 amide bonds. The first-order chi connectivity index (χ1) is 8.73. The predicted octanol–water partition coefficient (Wildman–Crippen LogP) is -0.819. The van der Waals surface area contributed by atoms with E-state index >= 15 is 0 Å². The lowest BCUT2D eigenvalue weighted by molar-refractivity contribution is -0.141. The molecule has 0 aromatic heterocycles. The molecular formula is C9H13N2O6PS. The predicted molar refractivity (Wildman–Crippen MR) is 66.8 cm³/mol. The summed E-state index contributed by atoms with van der Waals surface area (Å²) in [4.78, 5) is 42.2. The molecule has 0 aliphatic carbocycles. The van der Waals surface area contributed by atoms with Gasteiger partial charge in [-0.1, -0.05) is 0 Å². The number of carbonyl (C=O) groups is 2. The van der Waals surface area contributed by atoms with Crippen LogP contribution in [0.2, 0.25) is 0 Å². The number of nitrogens with zero attached hydrogens (tertiary/aromatic N) is 1. The number of carbonyl (C=O) groups excluding carboxylic acids is 2. The van der Waals surface area contributed by atoms with E-state index in [0.29, 0.717) is 0 Å². The van der Waals surface area contributed by atoms with Crippen LogP contribution in [0.5, 0.6) is 0 Å². The Morgan fingerprint density at radius 2 is 2.26 bits per heavy atom. The van der Waals surface area contributed by atoms with Crippen LogP contribution in [-0.2, 0) is 18.9 Å².